The van der Waals surface area contributed by atoms with E-state index in [0.29, 0.717) is 0 Å². The molecular weight excluding hydrogens is 143 g/mol. The zero-order valence-corrected chi connectivity index (χ0v) is 8.49. The Labute approximate surface area is 86.0 Å². The van der Waals surface area contributed by atoms with Crippen LogP contribution in [0.5, 0.6) is 5.75 Å². The number of aryl methyl sites for hydroxylation is 2. The molecule has 12 heavy (non-hydrogen) atoms. The van der Waals surface area contributed by atoms with Crippen LogP contribution >= 0.6 is 0 Å². The maximum absolute atomic E-state index is 11.4. The predicted octanol–water partition coefficient (Wildman–Crippen LogP) is -1.00. The van der Waals surface area contributed by atoms with E-state index < -0.39 is 0 Å². The number of benzene rings is 1. The van der Waals surface area contributed by atoms with Gasteiger partial charge >= 0.3 is 18.9 Å². The molecule has 0 radical (unpaired) electrons. The fraction of sp³-hybridized carbons (Fsp3) is 0.400. The van der Waals surface area contributed by atoms with Crippen LogP contribution in [0, 0.1) is 27.7 Å². The van der Waals surface area contributed by atoms with E-state index in [1.165, 1.54) is 0 Å². The van der Waals surface area contributed by atoms with E-state index in [4.69, 9.17) is 0 Å². The van der Waals surface area contributed by atoms with E-state index in [0.717, 1.165) is 22.3 Å². The second kappa shape index (κ2) is 4.03. The molecule has 0 N–H and O–H groups in total. The molecule has 0 aromatic heterocycles. The average Bonchev–Trinajstić information content (AvgIpc) is 1.97. The van der Waals surface area contributed by atoms with Gasteiger partial charge in [0.1, 0.15) is 0 Å². The summed E-state index contributed by atoms with van der Waals surface area (Å²) in [5, 5.41) is 11.4. The van der Waals surface area contributed by atoms with E-state index >= 15 is 0 Å². The molecule has 0 aliphatic rings. The first-order valence-electron chi connectivity index (χ1n) is 3.78. The molecular formula is C10H13LiO. The van der Waals surface area contributed by atoms with E-state index in [1.807, 2.05) is 27.7 Å². The zero-order valence-electron chi connectivity index (χ0n) is 8.49. The fourth-order valence-electron chi connectivity index (χ4n) is 1.18. The average molecular weight is 156 g/mol. The molecule has 0 unspecified atom stereocenters. The molecule has 1 aromatic rings. The minimum Gasteiger partial charge on any atom is -0.872 e. The Hall–Kier alpha value is -0.383. The molecule has 2 heteroatoms. The molecule has 0 fully saturated rings. The van der Waals surface area contributed by atoms with Crippen LogP contribution in [0.1, 0.15) is 22.3 Å². The Morgan fingerprint density at radius 2 is 1.25 bits per heavy atom. The van der Waals surface area contributed by atoms with Gasteiger partial charge in [0, 0.05) is 0 Å². The quantitative estimate of drug-likeness (QED) is 0.442. The first-order chi connectivity index (χ1) is 5.04. The first-order valence-corrected chi connectivity index (χ1v) is 3.78. The van der Waals surface area contributed by atoms with Crippen LogP contribution in [0.25, 0.3) is 0 Å². The van der Waals surface area contributed by atoms with Gasteiger partial charge in [0.15, 0.2) is 0 Å². The van der Waals surface area contributed by atoms with Crippen LogP contribution in [0.15, 0.2) is 6.07 Å². The van der Waals surface area contributed by atoms with Gasteiger partial charge in [-0.05, 0) is 38.8 Å². The number of hydrogen-bond donors (Lipinski definition) is 0. The van der Waals surface area contributed by atoms with Crippen LogP contribution in [-0.4, -0.2) is 0 Å². The summed E-state index contributed by atoms with van der Waals surface area (Å²) in [4.78, 5) is 0. The molecule has 0 aliphatic carbocycles. The van der Waals surface area contributed by atoms with Gasteiger partial charge in [-0.3, -0.25) is 0 Å². The van der Waals surface area contributed by atoms with E-state index in [2.05, 4.69) is 6.07 Å². The smallest absolute Gasteiger partial charge is 0.872 e. The van der Waals surface area contributed by atoms with E-state index in [9.17, 15) is 5.11 Å². The Morgan fingerprint density at radius 1 is 0.917 bits per heavy atom. The van der Waals surface area contributed by atoms with Gasteiger partial charge in [0.25, 0.3) is 0 Å². The molecule has 60 valence electrons. The summed E-state index contributed by atoms with van der Waals surface area (Å²) < 4.78 is 0. The van der Waals surface area contributed by atoms with Gasteiger partial charge in [0.2, 0.25) is 0 Å². The summed E-state index contributed by atoms with van der Waals surface area (Å²) in [5.74, 6) is 0.197. The van der Waals surface area contributed by atoms with Crippen molar-refractivity contribution in [2.75, 3.05) is 0 Å². The largest absolute Gasteiger partial charge is 1.00 e. The zero-order chi connectivity index (χ0) is 8.59. The first kappa shape index (κ1) is 11.6. The Morgan fingerprint density at radius 3 is 1.58 bits per heavy atom. The molecule has 1 rings (SSSR count). The molecule has 0 atom stereocenters. The Bertz CT molecular complexity index is 266. The van der Waals surface area contributed by atoms with Crippen LogP contribution in [-0.2, 0) is 0 Å². The third-order valence-electron chi connectivity index (χ3n) is 2.30. The second-order valence-corrected chi connectivity index (χ2v) is 3.09. The third kappa shape index (κ3) is 1.86. The van der Waals surface area contributed by atoms with Crippen LogP contribution in [0.2, 0.25) is 0 Å². The van der Waals surface area contributed by atoms with Crippen molar-refractivity contribution in [3.63, 3.8) is 0 Å². The minimum absolute atomic E-state index is 0. The van der Waals surface area contributed by atoms with Crippen molar-refractivity contribution in [3.05, 3.63) is 28.3 Å². The summed E-state index contributed by atoms with van der Waals surface area (Å²) >= 11 is 0. The van der Waals surface area contributed by atoms with Gasteiger partial charge in [-0.2, -0.15) is 0 Å². The van der Waals surface area contributed by atoms with Crippen LogP contribution in [0.4, 0.5) is 0 Å². The third-order valence-corrected chi connectivity index (χ3v) is 2.30. The summed E-state index contributed by atoms with van der Waals surface area (Å²) in [7, 11) is 0. The Balaban J connectivity index is 0.00000121. The van der Waals surface area contributed by atoms with Crippen molar-refractivity contribution in [1.29, 1.82) is 0 Å². The van der Waals surface area contributed by atoms with Crippen molar-refractivity contribution in [1.82, 2.24) is 0 Å². The molecule has 0 amide bonds. The second-order valence-electron chi connectivity index (χ2n) is 3.09. The normalized spacial score (nSPS) is 9.33. The van der Waals surface area contributed by atoms with Crippen molar-refractivity contribution in [3.8, 4) is 5.75 Å². The van der Waals surface area contributed by atoms with Crippen molar-refractivity contribution in [2.24, 2.45) is 0 Å². The van der Waals surface area contributed by atoms with Gasteiger partial charge in [-0.15, -0.1) is 5.75 Å². The molecule has 0 aliphatic heterocycles. The standard InChI is InChI=1S/C10H14O.Li/c1-6-5-7(2)9(4)10(11)8(6)3;/h5,11H,1-4H3;/q;+1/p-1. The summed E-state index contributed by atoms with van der Waals surface area (Å²) in [6.45, 7) is 7.71. The molecule has 0 bridgehead atoms. The molecule has 0 saturated heterocycles. The number of rotatable bonds is 0. The van der Waals surface area contributed by atoms with Gasteiger partial charge in [-0.25, -0.2) is 0 Å². The summed E-state index contributed by atoms with van der Waals surface area (Å²) in [6.07, 6.45) is 0. The predicted molar refractivity (Wildman–Crippen MR) is 44.8 cm³/mol. The molecule has 1 aromatic carbocycles. The fourth-order valence-corrected chi connectivity index (χ4v) is 1.18. The number of hydrogen-bond acceptors (Lipinski definition) is 1. The topological polar surface area (TPSA) is 23.1 Å². The molecule has 0 saturated carbocycles. The summed E-state index contributed by atoms with van der Waals surface area (Å²) in [5.41, 5.74) is 3.96. The van der Waals surface area contributed by atoms with Crippen molar-refractivity contribution in [2.45, 2.75) is 27.7 Å². The maximum Gasteiger partial charge on any atom is 1.00 e. The Kier molecular flexibility index (Phi) is 3.90. The SMILES string of the molecule is Cc1cc(C)c(C)c([O-])c1C.[Li+]. The molecule has 0 heterocycles. The van der Waals surface area contributed by atoms with Crippen LogP contribution < -0.4 is 24.0 Å². The van der Waals surface area contributed by atoms with Crippen LogP contribution in [0.3, 0.4) is 0 Å². The van der Waals surface area contributed by atoms with E-state index in [1.54, 1.807) is 0 Å². The molecule has 1 nitrogen and oxygen atoms in total. The van der Waals surface area contributed by atoms with Crippen molar-refractivity contribution < 1.29 is 24.0 Å². The molecule has 0 spiro atoms. The summed E-state index contributed by atoms with van der Waals surface area (Å²) in [6, 6.07) is 2.06. The van der Waals surface area contributed by atoms with Gasteiger partial charge in [-0.1, -0.05) is 17.2 Å². The van der Waals surface area contributed by atoms with Gasteiger partial charge in [0.05, 0.1) is 0 Å². The van der Waals surface area contributed by atoms with E-state index in [-0.39, 0.29) is 24.6 Å². The van der Waals surface area contributed by atoms with Gasteiger partial charge < -0.3 is 5.11 Å². The van der Waals surface area contributed by atoms with Crippen molar-refractivity contribution >= 4 is 0 Å². The monoisotopic (exact) mass is 156 g/mol. The maximum atomic E-state index is 11.4. The minimum atomic E-state index is 0.